The Morgan fingerprint density at radius 1 is 1.18 bits per heavy atom. The van der Waals surface area contributed by atoms with Crippen LogP contribution in [-0.4, -0.2) is 56.9 Å². The topological polar surface area (TPSA) is 68.7 Å². The molecule has 0 aliphatic carbocycles. The van der Waals surface area contributed by atoms with E-state index in [4.69, 9.17) is 10.1 Å². The van der Waals surface area contributed by atoms with Crippen LogP contribution in [0.4, 0.5) is 5.69 Å². The summed E-state index contributed by atoms with van der Waals surface area (Å²) in [7, 11) is 3.77. The van der Waals surface area contributed by atoms with Gasteiger partial charge in [-0.1, -0.05) is 25.5 Å². The molecule has 202 valence electrons. The van der Waals surface area contributed by atoms with Crippen molar-refractivity contribution in [1.82, 2.24) is 10.2 Å². The Balaban J connectivity index is 0. The van der Waals surface area contributed by atoms with Crippen molar-refractivity contribution in [3.05, 3.63) is 104 Å². The first-order chi connectivity index (χ1) is 17.5. The molecular weight excluding hydrogens is 721 g/mol. The Morgan fingerprint density at radius 3 is 2.38 bits per heavy atom. The number of ether oxygens (including phenoxy) is 1. The molecule has 0 spiro atoms. The molecule has 2 N–H and O–H groups in total. The van der Waals surface area contributed by atoms with Crippen molar-refractivity contribution in [1.29, 1.82) is 5.41 Å². The minimum atomic E-state index is -0.359. The molecule has 0 saturated carbocycles. The molecule has 1 aliphatic rings. The van der Waals surface area contributed by atoms with E-state index in [2.05, 4.69) is 59.1 Å². The van der Waals surface area contributed by atoms with Gasteiger partial charge in [0.2, 0.25) is 0 Å². The third-order valence-electron chi connectivity index (χ3n) is 5.52. The molecule has 0 aromatic heterocycles. The zero-order chi connectivity index (χ0) is 26.2. The van der Waals surface area contributed by atoms with Crippen molar-refractivity contribution in [2.24, 2.45) is 0 Å². The van der Waals surface area contributed by atoms with Crippen LogP contribution in [0.5, 0.6) is 5.75 Å². The van der Waals surface area contributed by atoms with Crippen LogP contribution >= 0.6 is 0 Å². The van der Waals surface area contributed by atoms with E-state index >= 15 is 0 Å². The number of hydrogen-bond donors (Lipinski definition) is 2. The first-order valence-corrected chi connectivity index (χ1v) is 12.2. The molecule has 1 fully saturated rings. The predicted molar refractivity (Wildman–Crippen MR) is 154 cm³/mol. The Labute approximate surface area is 282 Å². The molecule has 8 heteroatoms. The molecule has 1 amide bonds. The molecule has 39 heavy (non-hydrogen) atoms. The summed E-state index contributed by atoms with van der Waals surface area (Å²) in [5, 5.41) is 10.5. The van der Waals surface area contributed by atoms with Gasteiger partial charge in [-0.15, -0.1) is 19.1 Å². The Hall–Kier alpha value is -1.59. The fraction of sp³-hybridized carbons (Fsp3) is 0.323. The zero-order valence-corrected chi connectivity index (χ0v) is 30.3. The number of methoxy groups -OCH3 is 1. The van der Waals surface area contributed by atoms with E-state index in [-0.39, 0.29) is 79.7 Å². The first-order valence-electron chi connectivity index (χ1n) is 12.2. The van der Waals surface area contributed by atoms with Gasteiger partial charge in [-0.3, -0.25) is 16.4 Å². The Kier molecular flexibility index (Phi) is 23.5. The minimum Gasteiger partial charge on any atom is -0.524 e. The molecular formula is C31H40N4NaO2U-. The van der Waals surface area contributed by atoms with Crippen LogP contribution in [0.15, 0.2) is 67.3 Å². The van der Waals surface area contributed by atoms with E-state index in [1.54, 1.807) is 19.3 Å². The van der Waals surface area contributed by atoms with Gasteiger partial charge >= 0.3 is 60.7 Å². The van der Waals surface area contributed by atoms with E-state index in [0.29, 0.717) is 6.54 Å². The van der Waals surface area contributed by atoms with Gasteiger partial charge < -0.3 is 32.7 Å². The van der Waals surface area contributed by atoms with E-state index in [1.807, 2.05) is 37.3 Å². The van der Waals surface area contributed by atoms with Gasteiger partial charge in [-0.05, 0) is 36.2 Å². The summed E-state index contributed by atoms with van der Waals surface area (Å²) in [6.45, 7) is 10.3. The normalized spacial score (nSPS) is 12.7. The maximum Gasteiger partial charge on any atom is 2.00 e. The first kappa shape index (κ1) is 39.6. The minimum absolute atomic E-state index is 0. The van der Waals surface area contributed by atoms with Crippen LogP contribution in [0.2, 0.25) is 0 Å². The van der Waals surface area contributed by atoms with Crippen molar-refractivity contribution in [2.75, 3.05) is 45.2 Å². The number of rotatable bonds is 10. The van der Waals surface area contributed by atoms with Crippen LogP contribution in [-0.2, 0) is 11.3 Å². The zero-order valence-electron chi connectivity index (χ0n) is 24.1. The molecule has 6 nitrogen and oxygen atoms in total. The number of carbonyl (C=O) groups excluding carboxylic acids is 1. The second-order valence-electron chi connectivity index (χ2n) is 8.34. The van der Waals surface area contributed by atoms with E-state index in [1.165, 1.54) is 11.8 Å². The number of nitrogens with zero attached hydrogens (tertiary/aromatic N) is 2. The predicted octanol–water partition coefficient (Wildman–Crippen LogP) is 2.08. The second kappa shape index (κ2) is 23.1. The monoisotopic (exact) mass is 761 g/mol. The summed E-state index contributed by atoms with van der Waals surface area (Å²) < 4.78 is 4.96. The summed E-state index contributed by atoms with van der Waals surface area (Å²) in [6, 6.07) is 16.8. The molecule has 1 aliphatic heterocycles. The van der Waals surface area contributed by atoms with Gasteiger partial charge in [0.15, 0.2) is 5.91 Å². The fourth-order valence-corrected chi connectivity index (χ4v) is 3.33. The van der Waals surface area contributed by atoms with Gasteiger partial charge in [0.1, 0.15) is 0 Å². The number of allylic oxidation sites excluding steroid dienone is 3. The summed E-state index contributed by atoms with van der Waals surface area (Å²) in [5.74, 6) is 0.376. The van der Waals surface area contributed by atoms with Crippen molar-refractivity contribution in [2.45, 2.75) is 26.3 Å². The van der Waals surface area contributed by atoms with E-state index < -0.39 is 0 Å². The Morgan fingerprint density at radius 2 is 1.85 bits per heavy atom. The number of hydrogen-bond acceptors (Lipinski definition) is 5. The largest absolute Gasteiger partial charge is 2.00 e. The molecule has 2 aromatic carbocycles. The average molecular weight is 762 g/mol. The summed E-state index contributed by atoms with van der Waals surface area (Å²) in [4.78, 5) is 16.6. The van der Waals surface area contributed by atoms with E-state index in [9.17, 15) is 4.79 Å². The van der Waals surface area contributed by atoms with Crippen molar-refractivity contribution >= 4 is 17.3 Å². The number of likely N-dealkylation sites (N-methyl/N-ethyl adjacent to an activating group) is 1. The molecule has 1 heterocycles. The Bertz CT molecular complexity index is 1020. The number of anilines is 1. The van der Waals surface area contributed by atoms with Crippen molar-refractivity contribution in [3.8, 4) is 5.75 Å². The molecule has 0 unspecified atom stereocenters. The summed E-state index contributed by atoms with van der Waals surface area (Å²) >= 11 is 0. The smallest absolute Gasteiger partial charge is 0.524 e. The third kappa shape index (κ3) is 15.7. The fourth-order valence-electron chi connectivity index (χ4n) is 3.33. The van der Waals surface area contributed by atoms with Gasteiger partial charge in [0.25, 0.3) is 0 Å². The van der Waals surface area contributed by atoms with Crippen molar-refractivity contribution < 1.29 is 70.2 Å². The quantitative estimate of drug-likeness (QED) is 0.169. The standard InChI is InChI=1S/C19H27N4O.C11H10O.CH3.Na.U/c1-3-4-5-6-18(20)19(24)21-15-16-7-9-17(10-8-16)23-13-11-22(2)12-14-23;1-3-4-5-10-6-8-11(12-2)9-7-10;;;/h6-10,20H,3-4,11-15H2,1-2H3,(H,21,24);3-4,6-8H,1H2,2H3;1H3;;/q-1;-2;-1;+1;+2. The van der Waals surface area contributed by atoms with Crippen LogP contribution in [0.1, 0.15) is 30.9 Å². The van der Waals surface area contributed by atoms with Gasteiger partial charge in [0, 0.05) is 38.4 Å². The molecule has 2 aromatic rings. The van der Waals surface area contributed by atoms with Gasteiger partial charge in [0.05, 0.1) is 7.11 Å². The number of amides is 1. The molecule has 1 saturated heterocycles. The number of unbranched alkanes of at least 4 members (excludes halogenated alkanes) is 1. The molecule has 0 atom stereocenters. The van der Waals surface area contributed by atoms with Gasteiger partial charge in [-0.2, -0.15) is 18.2 Å². The second-order valence-corrected chi connectivity index (χ2v) is 8.34. The summed E-state index contributed by atoms with van der Waals surface area (Å²) in [6.07, 6.45) is 12.6. The molecule has 3 rings (SSSR count). The number of carbonyl (C=O) groups is 1. The maximum absolute atomic E-state index is 11.8. The van der Waals surface area contributed by atoms with Crippen LogP contribution in [0.3, 0.4) is 0 Å². The molecule has 0 bridgehead atoms. The van der Waals surface area contributed by atoms with Gasteiger partial charge in [-0.25, -0.2) is 24.3 Å². The van der Waals surface area contributed by atoms with Crippen LogP contribution in [0.25, 0.3) is 0 Å². The van der Waals surface area contributed by atoms with E-state index in [0.717, 1.165) is 55.9 Å². The van der Waals surface area contributed by atoms with Crippen LogP contribution < -0.4 is 44.5 Å². The number of piperazine rings is 1. The maximum atomic E-state index is 11.8. The van der Waals surface area contributed by atoms with Crippen molar-refractivity contribution in [3.63, 3.8) is 0 Å². The van der Waals surface area contributed by atoms with Crippen LogP contribution in [0, 0.1) is 62.2 Å². The third-order valence-corrected chi connectivity index (χ3v) is 5.52. The average Bonchev–Trinajstić information content (AvgIpc) is 2.92. The number of benzene rings is 2. The number of nitrogens with one attached hydrogen (secondary N) is 2. The SMILES string of the molecule is C=CC=[C-]c1c[c-]c(OC)cc1.CCC[C-]=CC(=N)C(=O)NCc1ccc(N2CCN(C)CC2)cc1.[CH3-].[Na+].[U+2]. The summed E-state index contributed by atoms with van der Waals surface area (Å²) in [5.41, 5.74) is 3.19. The molecule has 0 radical (unpaired) electrons.